The van der Waals surface area contributed by atoms with Crippen LogP contribution in [0, 0.1) is 0 Å². The summed E-state index contributed by atoms with van der Waals surface area (Å²) in [6.07, 6.45) is 2.39. The van der Waals surface area contributed by atoms with Crippen LogP contribution in [0.1, 0.15) is 32.6 Å². The predicted molar refractivity (Wildman–Crippen MR) is 41.1 cm³/mol. The summed E-state index contributed by atoms with van der Waals surface area (Å²) in [5.74, 6) is -0.175. The Morgan fingerprint density at radius 2 is 2.18 bits per heavy atom. The summed E-state index contributed by atoms with van der Waals surface area (Å²) >= 11 is 0. The van der Waals surface area contributed by atoms with Gasteiger partial charge in [-0.15, -0.1) is 0 Å². The van der Waals surface area contributed by atoms with Gasteiger partial charge in [0.15, 0.2) is 0 Å². The standard InChI is InChI=1S/C8H15FO2/c1-2-5-8(10)11-7-4-3-6-9/h2-7H2,1H3. The zero-order chi connectivity index (χ0) is 8.53. The van der Waals surface area contributed by atoms with Crippen LogP contribution in [-0.2, 0) is 9.53 Å². The lowest BCUT2D eigenvalue weighted by atomic mass is 10.3. The van der Waals surface area contributed by atoms with Crippen LogP contribution in [0.2, 0.25) is 0 Å². The highest BCUT2D eigenvalue weighted by molar-refractivity contribution is 5.69. The molecule has 0 rings (SSSR count). The second-order valence-electron chi connectivity index (χ2n) is 2.37. The number of unbranched alkanes of at least 4 members (excludes halogenated alkanes) is 1. The third-order valence-electron chi connectivity index (χ3n) is 1.25. The molecule has 0 N–H and O–H groups in total. The molecule has 0 spiro atoms. The second-order valence-corrected chi connectivity index (χ2v) is 2.37. The van der Waals surface area contributed by atoms with E-state index in [1.54, 1.807) is 0 Å². The van der Waals surface area contributed by atoms with Gasteiger partial charge in [-0.3, -0.25) is 9.18 Å². The average molecular weight is 162 g/mol. The van der Waals surface area contributed by atoms with Crippen LogP contribution in [0.25, 0.3) is 0 Å². The summed E-state index contributed by atoms with van der Waals surface area (Å²) in [6.45, 7) is 1.96. The monoisotopic (exact) mass is 162 g/mol. The molecule has 0 heterocycles. The van der Waals surface area contributed by atoms with Gasteiger partial charge in [0.1, 0.15) is 0 Å². The van der Waals surface area contributed by atoms with Gasteiger partial charge in [0.25, 0.3) is 0 Å². The molecule has 11 heavy (non-hydrogen) atoms. The number of hydrogen-bond acceptors (Lipinski definition) is 2. The van der Waals surface area contributed by atoms with E-state index >= 15 is 0 Å². The van der Waals surface area contributed by atoms with E-state index < -0.39 is 0 Å². The molecule has 0 bridgehead atoms. The SMILES string of the molecule is CCCC(=O)OCCCCF. The number of alkyl halides is 1. The van der Waals surface area contributed by atoms with Crippen LogP contribution in [-0.4, -0.2) is 19.3 Å². The molecule has 0 radical (unpaired) electrons. The Morgan fingerprint density at radius 1 is 1.45 bits per heavy atom. The van der Waals surface area contributed by atoms with Crippen molar-refractivity contribution in [3.8, 4) is 0 Å². The molecule has 0 aliphatic carbocycles. The van der Waals surface area contributed by atoms with E-state index in [4.69, 9.17) is 4.74 Å². The molecule has 2 nitrogen and oxygen atoms in total. The van der Waals surface area contributed by atoms with Crippen molar-refractivity contribution in [2.75, 3.05) is 13.3 Å². The molecule has 0 aromatic carbocycles. The van der Waals surface area contributed by atoms with Crippen molar-refractivity contribution >= 4 is 5.97 Å². The number of hydrogen-bond donors (Lipinski definition) is 0. The first kappa shape index (κ1) is 10.4. The molecule has 0 unspecified atom stereocenters. The molecule has 0 saturated heterocycles. The Balaban J connectivity index is 3.04. The Kier molecular flexibility index (Phi) is 7.10. The van der Waals surface area contributed by atoms with Gasteiger partial charge in [0.05, 0.1) is 13.3 Å². The van der Waals surface area contributed by atoms with E-state index in [1.165, 1.54) is 0 Å². The highest BCUT2D eigenvalue weighted by atomic mass is 19.1. The first-order valence-electron chi connectivity index (χ1n) is 4.02. The maximum Gasteiger partial charge on any atom is 0.305 e. The van der Waals surface area contributed by atoms with Gasteiger partial charge in [-0.05, 0) is 19.3 Å². The highest BCUT2D eigenvalue weighted by Crippen LogP contribution is 1.95. The molecule has 0 aliphatic heterocycles. The van der Waals surface area contributed by atoms with Crippen LogP contribution in [0.4, 0.5) is 4.39 Å². The lowest BCUT2D eigenvalue weighted by Crippen LogP contribution is -2.04. The van der Waals surface area contributed by atoms with E-state index in [0.717, 1.165) is 6.42 Å². The average Bonchev–Trinajstić information content (AvgIpc) is 1.99. The van der Waals surface area contributed by atoms with Crippen LogP contribution in [0.5, 0.6) is 0 Å². The molecule has 0 aromatic heterocycles. The summed E-state index contributed by atoms with van der Waals surface area (Å²) in [6, 6.07) is 0. The first-order valence-corrected chi connectivity index (χ1v) is 4.02. The lowest BCUT2D eigenvalue weighted by Gasteiger charge is -2.01. The number of rotatable bonds is 6. The van der Waals surface area contributed by atoms with Crippen molar-refractivity contribution in [3.05, 3.63) is 0 Å². The van der Waals surface area contributed by atoms with Gasteiger partial charge in [-0.25, -0.2) is 0 Å². The number of carbonyl (C=O) groups excluding carboxylic acids is 1. The number of halogens is 1. The van der Waals surface area contributed by atoms with E-state index in [1.807, 2.05) is 6.92 Å². The van der Waals surface area contributed by atoms with Gasteiger partial charge >= 0.3 is 5.97 Å². The number of ether oxygens (including phenoxy) is 1. The Hall–Kier alpha value is -0.600. The smallest absolute Gasteiger partial charge is 0.305 e. The minimum atomic E-state index is -0.328. The van der Waals surface area contributed by atoms with Crippen molar-refractivity contribution in [2.45, 2.75) is 32.6 Å². The molecule has 0 atom stereocenters. The molecule has 3 heteroatoms. The fraction of sp³-hybridized carbons (Fsp3) is 0.875. The summed E-state index contributed by atoms with van der Waals surface area (Å²) in [4.78, 5) is 10.7. The largest absolute Gasteiger partial charge is 0.466 e. The Labute approximate surface area is 66.7 Å². The van der Waals surface area contributed by atoms with E-state index in [2.05, 4.69) is 0 Å². The van der Waals surface area contributed by atoms with Gasteiger partial charge < -0.3 is 4.74 Å². The van der Waals surface area contributed by atoms with Crippen molar-refractivity contribution in [2.24, 2.45) is 0 Å². The van der Waals surface area contributed by atoms with Crippen LogP contribution < -0.4 is 0 Å². The van der Waals surface area contributed by atoms with Crippen LogP contribution >= 0.6 is 0 Å². The zero-order valence-electron chi connectivity index (χ0n) is 6.94. The number of carbonyl (C=O) groups is 1. The third kappa shape index (κ3) is 7.30. The van der Waals surface area contributed by atoms with Gasteiger partial charge in [-0.2, -0.15) is 0 Å². The maximum absolute atomic E-state index is 11.5. The molecule has 0 amide bonds. The van der Waals surface area contributed by atoms with Crippen molar-refractivity contribution in [1.29, 1.82) is 0 Å². The molecule has 0 aliphatic rings. The summed E-state index contributed by atoms with van der Waals surface area (Å²) in [5, 5.41) is 0. The van der Waals surface area contributed by atoms with E-state index in [0.29, 0.717) is 25.9 Å². The zero-order valence-corrected chi connectivity index (χ0v) is 6.94. The van der Waals surface area contributed by atoms with Crippen molar-refractivity contribution < 1.29 is 13.9 Å². The Bertz CT molecular complexity index is 104. The second kappa shape index (κ2) is 7.51. The van der Waals surface area contributed by atoms with Gasteiger partial charge in [-0.1, -0.05) is 6.92 Å². The quantitative estimate of drug-likeness (QED) is 0.441. The molecular formula is C8H15FO2. The van der Waals surface area contributed by atoms with Gasteiger partial charge in [0.2, 0.25) is 0 Å². The van der Waals surface area contributed by atoms with Crippen LogP contribution in [0.15, 0.2) is 0 Å². The predicted octanol–water partition coefficient (Wildman–Crippen LogP) is 2.08. The minimum absolute atomic E-state index is 0.175. The fourth-order valence-electron chi connectivity index (χ4n) is 0.659. The lowest BCUT2D eigenvalue weighted by molar-refractivity contribution is -0.143. The van der Waals surface area contributed by atoms with E-state index in [9.17, 15) is 9.18 Å². The summed E-state index contributed by atoms with van der Waals surface area (Å²) < 4.78 is 16.3. The highest BCUT2D eigenvalue weighted by Gasteiger charge is 1.98. The third-order valence-corrected chi connectivity index (χ3v) is 1.25. The number of esters is 1. The topological polar surface area (TPSA) is 26.3 Å². The molecule has 66 valence electrons. The summed E-state index contributed by atoms with van der Waals surface area (Å²) in [5.41, 5.74) is 0. The van der Waals surface area contributed by atoms with Gasteiger partial charge in [0, 0.05) is 6.42 Å². The van der Waals surface area contributed by atoms with Crippen molar-refractivity contribution in [1.82, 2.24) is 0 Å². The minimum Gasteiger partial charge on any atom is -0.466 e. The normalized spacial score (nSPS) is 9.64. The van der Waals surface area contributed by atoms with E-state index in [-0.39, 0.29) is 12.6 Å². The molecule has 0 saturated carbocycles. The summed E-state index contributed by atoms with van der Waals surface area (Å²) in [7, 11) is 0. The maximum atomic E-state index is 11.5. The Morgan fingerprint density at radius 3 is 2.73 bits per heavy atom. The van der Waals surface area contributed by atoms with Crippen molar-refractivity contribution in [3.63, 3.8) is 0 Å². The molecule has 0 aromatic rings. The molecular weight excluding hydrogens is 147 g/mol. The van der Waals surface area contributed by atoms with Crippen LogP contribution in [0.3, 0.4) is 0 Å². The molecule has 0 fully saturated rings. The first-order chi connectivity index (χ1) is 5.31. The fourth-order valence-corrected chi connectivity index (χ4v) is 0.659.